The van der Waals surface area contributed by atoms with Crippen molar-refractivity contribution in [3.05, 3.63) is 11.1 Å². The first kappa shape index (κ1) is 10.6. The predicted molar refractivity (Wildman–Crippen MR) is 65.0 cm³/mol. The van der Waals surface area contributed by atoms with Crippen LogP contribution in [0.1, 0.15) is 53.4 Å². The zero-order chi connectivity index (χ0) is 11.7. The van der Waals surface area contributed by atoms with Crippen molar-refractivity contribution in [2.45, 2.75) is 53.4 Å². The number of Topliss-reactive ketones (excluding diaryl/α,β-unsaturated/α-hetero) is 1. The number of hydrogen-bond acceptors (Lipinski definition) is 1. The van der Waals surface area contributed by atoms with Crippen LogP contribution in [-0.4, -0.2) is 5.78 Å². The summed E-state index contributed by atoms with van der Waals surface area (Å²) >= 11 is 0. The van der Waals surface area contributed by atoms with E-state index >= 15 is 0 Å². The summed E-state index contributed by atoms with van der Waals surface area (Å²) in [6, 6.07) is 0. The van der Waals surface area contributed by atoms with Crippen LogP contribution in [-0.2, 0) is 4.79 Å². The highest BCUT2D eigenvalue weighted by Gasteiger charge is 2.68. The molecular weight excluding hydrogens is 196 g/mol. The number of fused-ring (bicyclic) bond motifs is 3. The summed E-state index contributed by atoms with van der Waals surface area (Å²) in [7, 11) is 0. The van der Waals surface area contributed by atoms with Gasteiger partial charge in [0, 0.05) is 6.42 Å². The van der Waals surface area contributed by atoms with Crippen molar-refractivity contribution in [2.75, 3.05) is 0 Å². The van der Waals surface area contributed by atoms with Crippen molar-refractivity contribution < 1.29 is 4.79 Å². The van der Waals surface area contributed by atoms with E-state index in [4.69, 9.17) is 0 Å². The Hall–Kier alpha value is -0.590. The van der Waals surface area contributed by atoms with Gasteiger partial charge in [-0.15, -0.1) is 0 Å². The zero-order valence-corrected chi connectivity index (χ0v) is 10.9. The molecule has 3 saturated carbocycles. The molecule has 0 aliphatic heterocycles. The third-order valence-corrected chi connectivity index (χ3v) is 5.72. The van der Waals surface area contributed by atoms with Crippen molar-refractivity contribution in [2.24, 2.45) is 22.7 Å². The second-order valence-corrected chi connectivity index (χ2v) is 7.10. The fraction of sp³-hybridized carbons (Fsp3) is 0.800. The smallest absolute Gasteiger partial charge is 0.159 e. The molecule has 3 aliphatic carbocycles. The molecule has 0 unspecified atom stereocenters. The number of carbonyl (C=O) groups is 1. The highest BCUT2D eigenvalue weighted by atomic mass is 16.1. The first-order valence-electron chi connectivity index (χ1n) is 6.56. The summed E-state index contributed by atoms with van der Waals surface area (Å²) < 4.78 is 0. The average Bonchev–Trinajstić information content (AvgIpc) is 2.69. The van der Waals surface area contributed by atoms with E-state index in [9.17, 15) is 4.79 Å². The van der Waals surface area contributed by atoms with Gasteiger partial charge in [-0.1, -0.05) is 19.4 Å². The van der Waals surface area contributed by atoms with Crippen LogP contribution < -0.4 is 0 Å². The molecule has 0 radical (unpaired) electrons. The third-order valence-electron chi connectivity index (χ3n) is 5.72. The lowest BCUT2D eigenvalue weighted by molar-refractivity contribution is -0.121. The molecule has 16 heavy (non-hydrogen) atoms. The maximum Gasteiger partial charge on any atom is 0.159 e. The van der Waals surface area contributed by atoms with Gasteiger partial charge in [-0.3, -0.25) is 4.79 Å². The highest BCUT2D eigenvalue weighted by Crippen LogP contribution is 2.75. The van der Waals surface area contributed by atoms with E-state index in [0.717, 1.165) is 30.3 Å². The lowest BCUT2D eigenvalue weighted by Gasteiger charge is -2.41. The Labute approximate surface area is 98.3 Å². The second kappa shape index (κ2) is 2.80. The molecule has 0 saturated heterocycles. The monoisotopic (exact) mass is 218 g/mol. The van der Waals surface area contributed by atoms with Gasteiger partial charge in [-0.05, 0) is 61.3 Å². The van der Waals surface area contributed by atoms with E-state index in [1.54, 1.807) is 0 Å². The maximum absolute atomic E-state index is 12.2. The average molecular weight is 218 g/mol. The van der Waals surface area contributed by atoms with E-state index in [0.29, 0.717) is 16.6 Å². The molecule has 3 aliphatic rings. The quantitative estimate of drug-likeness (QED) is 0.566. The van der Waals surface area contributed by atoms with Crippen LogP contribution in [0.15, 0.2) is 11.1 Å². The minimum atomic E-state index is 0.327. The fourth-order valence-corrected chi connectivity index (χ4v) is 4.65. The lowest BCUT2D eigenvalue weighted by atomic mass is 9.62. The largest absolute Gasteiger partial charge is 0.295 e. The second-order valence-electron chi connectivity index (χ2n) is 7.10. The van der Waals surface area contributed by atoms with Crippen LogP contribution in [0.3, 0.4) is 0 Å². The molecule has 0 bridgehead atoms. The summed E-state index contributed by atoms with van der Waals surface area (Å²) in [5.41, 5.74) is 3.31. The topological polar surface area (TPSA) is 17.1 Å². The van der Waals surface area contributed by atoms with Gasteiger partial charge < -0.3 is 0 Å². The van der Waals surface area contributed by atoms with Gasteiger partial charge in [0.25, 0.3) is 0 Å². The first-order chi connectivity index (χ1) is 7.37. The van der Waals surface area contributed by atoms with Crippen LogP contribution in [0.25, 0.3) is 0 Å². The first-order valence-corrected chi connectivity index (χ1v) is 6.56. The lowest BCUT2D eigenvalue weighted by Crippen LogP contribution is -2.37. The predicted octanol–water partition coefficient (Wildman–Crippen LogP) is 3.74. The Morgan fingerprint density at radius 2 is 1.94 bits per heavy atom. The molecule has 1 nitrogen and oxygen atoms in total. The molecule has 0 aromatic heterocycles. The molecule has 4 atom stereocenters. The number of hydrogen-bond donors (Lipinski definition) is 0. The van der Waals surface area contributed by atoms with Gasteiger partial charge in [-0.2, -0.15) is 0 Å². The van der Waals surface area contributed by atoms with Gasteiger partial charge in [0.15, 0.2) is 5.78 Å². The summed E-state index contributed by atoms with van der Waals surface area (Å²) in [5, 5.41) is 0. The molecule has 0 spiro atoms. The summed E-state index contributed by atoms with van der Waals surface area (Å²) in [6.07, 6.45) is 4.59. The van der Waals surface area contributed by atoms with E-state index < -0.39 is 0 Å². The molecule has 3 rings (SSSR count). The van der Waals surface area contributed by atoms with Crippen LogP contribution in [0.2, 0.25) is 0 Å². The Morgan fingerprint density at radius 1 is 1.25 bits per heavy atom. The van der Waals surface area contributed by atoms with E-state index in [2.05, 4.69) is 27.7 Å². The minimum Gasteiger partial charge on any atom is -0.295 e. The van der Waals surface area contributed by atoms with Crippen LogP contribution in [0.4, 0.5) is 0 Å². The van der Waals surface area contributed by atoms with Crippen LogP contribution in [0, 0.1) is 22.7 Å². The van der Waals surface area contributed by atoms with Gasteiger partial charge >= 0.3 is 0 Å². The van der Waals surface area contributed by atoms with Gasteiger partial charge in [0.2, 0.25) is 0 Å². The zero-order valence-electron chi connectivity index (χ0n) is 10.9. The third kappa shape index (κ3) is 1.15. The number of ketones is 1. The molecular formula is C15H22O. The fourth-order valence-electron chi connectivity index (χ4n) is 4.65. The summed E-state index contributed by atoms with van der Waals surface area (Å²) in [5.74, 6) is 2.13. The number of allylic oxidation sites excluding steroid dienone is 2. The van der Waals surface area contributed by atoms with Gasteiger partial charge in [0.1, 0.15) is 0 Å². The molecule has 1 heteroatoms. The van der Waals surface area contributed by atoms with Gasteiger partial charge in [-0.25, -0.2) is 0 Å². The maximum atomic E-state index is 12.2. The summed E-state index contributed by atoms with van der Waals surface area (Å²) in [6.45, 7) is 9.00. The molecule has 0 amide bonds. The summed E-state index contributed by atoms with van der Waals surface area (Å²) in [4.78, 5) is 12.2. The number of rotatable bonds is 0. The van der Waals surface area contributed by atoms with E-state index in [-0.39, 0.29) is 0 Å². The Kier molecular flexibility index (Phi) is 1.85. The number of carbonyl (C=O) groups excluding carboxylic acids is 1. The normalized spacial score (nSPS) is 50.0. The SMILES string of the molecule is CC(C)=C1C[C@H]2[C@](C)(CC1=O)C[C@@H]1C[C@@]12C. The van der Waals surface area contributed by atoms with Crippen molar-refractivity contribution in [1.29, 1.82) is 0 Å². The van der Waals surface area contributed by atoms with Gasteiger partial charge in [0.05, 0.1) is 0 Å². The van der Waals surface area contributed by atoms with Crippen LogP contribution >= 0.6 is 0 Å². The molecule has 0 heterocycles. The Balaban J connectivity index is 1.98. The van der Waals surface area contributed by atoms with Crippen molar-refractivity contribution in [3.63, 3.8) is 0 Å². The minimum absolute atomic E-state index is 0.327. The van der Waals surface area contributed by atoms with Crippen LogP contribution in [0.5, 0.6) is 0 Å². The Bertz CT molecular complexity index is 402. The molecule has 88 valence electrons. The van der Waals surface area contributed by atoms with E-state index in [1.165, 1.54) is 18.4 Å². The molecule has 0 N–H and O–H groups in total. The molecule has 0 aromatic rings. The molecule has 0 aromatic carbocycles. The Morgan fingerprint density at radius 3 is 2.56 bits per heavy atom. The highest BCUT2D eigenvalue weighted by molar-refractivity contribution is 5.97. The molecule has 3 fully saturated rings. The van der Waals surface area contributed by atoms with E-state index in [1.807, 2.05) is 0 Å². The van der Waals surface area contributed by atoms with Crippen molar-refractivity contribution in [1.82, 2.24) is 0 Å². The van der Waals surface area contributed by atoms with Crippen molar-refractivity contribution in [3.8, 4) is 0 Å². The standard InChI is InChI=1S/C15H22O/c1-9(2)11-5-13-14(3,8-12(11)16)6-10-7-15(10,13)4/h10,13H,5-8H2,1-4H3/t10-,13+,14+,15+/m1/s1. The van der Waals surface area contributed by atoms with Crippen molar-refractivity contribution >= 4 is 5.78 Å².